The fraction of sp³-hybridized carbons (Fsp3) is 0.440. The second-order valence-corrected chi connectivity index (χ2v) is 9.05. The summed E-state index contributed by atoms with van der Waals surface area (Å²) >= 11 is 0. The zero-order valence-corrected chi connectivity index (χ0v) is 19.6. The van der Waals surface area contributed by atoms with Crippen LogP contribution in [0.5, 0.6) is 5.75 Å². The molecule has 0 radical (unpaired) electrons. The predicted octanol–water partition coefficient (Wildman–Crippen LogP) is 4.58. The Kier molecular flexibility index (Phi) is 7.39. The van der Waals surface area contributed by atoms with Crippen molar-refractivity contribution in [1.82, 2.24) is 0 Å². The minimum absolute atomic E-state index is 0.189. The van der Waals surface area contributed by atoms with Crippen LogP contribution in [0.25, 0.3) is 0 Å². The van der Waals surface area contributed by atoms with Crippen molar-refractivity contribution in [3.8, 4) is 5.75 Å². The van der Waals surface area contributed by atoms with Crippen molar-refractivity contribution in [3.05, 3.63) is 53.8 Å². The minimum atomic E-state index is -4.66. The summed E-state index contributed by atoms with van der Waals surface area (Å²) in [5.74, 6) is -2.21. The van der Waals surface area contributed by atoms with E-state index >= 15 is 0 Å². The fourth-order valence-corrected chi connectivity index (χ4v) is 4.70. The number of hydrogen-bond acceptors (Lipinski definition) is 6. The Bertz CT molecular complexity index is 1120. The van der Waals surface area contributed by atoms with Gasteiger partial charge in [-0.1, -0.05) is 13.0 Å². The van der Waals surface area contributed by atoms with Gasteiger partial charge >= 0.3 is 12.1 Å². The lowest BCUT2D eigenvalue weighted by Gasteiger charge is -2.35. The summed E-state index contributed by atoms with van der Waals surface area (Å²) in [5.41, 5.74) is 0.330. The number of carboxylic acid groups (broad SMARTS) is 1. The van der Waals surface area contributed by atoms with Gasteiger partial charge < -0.3 is 19.8 Å². The summed E-state index contributed by atoms with van der Waals surface area (Å²) in [4.78, 5) is 13.1. The Hall–Kier alpha value is -3.34. The molecule has 7 nitrogen and oxygen atoms in total. The zero-order chi connectivity index (χ0) is 26.0. The largest absolute Gasteiger partial charge is 0.489 e. The average Bonchev–Trinajstić information content (AvgIpc) is 3.16. The van der Waals surface area contributed by atoms with E-state index in [4.69, 9.17) is 4.74 Å². The molecule has 0 bridgehead atoms. The highest BCUT2D eigenvalue weighted by atomic mass is 19.4. The second kappa shape index (κ2) is 10.3. The SMILES string of the molecule is C[C@@H]1C(C(F)(F)F)=NN(c2ccc(OC3CCCN(c4cc(CO)ccc4F)C3)cc2)[C@H]1CC(=O)O. The van der Waals surface area contributed by atoms with Crippen LogP contribution in [-0.4, -0.2) is 53.3 Å². The number of halogens is 4. The standard InChI is InChI=1S/C25H27F4N3O4/c1-15-21(12-23(34)35)32(30-24(15)25(27,28)29)17-5-7-18(8-6-17)36-19-3-2-10-31(13-19)22-11-16(14-33)4-9-20(22)26/h4-9,11,15,19,21,33H,2-3,10,12-14H2,1H3,(H,34,35)/t15-,19?,21-/m0/s1. The van der Waals surface area contributed by atoms with Crippen LogP contribution in [0.3, 0.4) is 0 Å². The maximum Gasteiger partial charge on any atom is 0.431 e. The van der Waals surface area contributed by atoms with Crippen LogP contribution in [0, 0.1) is 11.7 Å². The van der Waals surface area contributed by atoms with E-state index in [0.29, 0.717) is 35.8 Å². The molecule has 1 unspecified atom stereocenters. The first kappa shape index (κ1) is 25.7. The maximum absolute atomic E-state index is 14.4. The number of ether oxygens (including phenoxy) is 1. The highest BCUT2D eigenvalue weighted by Crippen LogP contribution is 2.37. The molecule has 2 aliphatic heterocycles. The third kappa shape index (κ3) is 5.56. The van der Waals surface area contributed by atoms with Crippen molar-refractivity contribution in [1.29, 1.82) is 0 Å². The molecule has 0 amide bonds. The van der Waals surface area contributed by atoms with Crippen molar-refractivity contribution in [2.75, 3.05) is 23.0 Å². The molecule has 4 rings (SSSR count). The Morgan fingerprint density at radius 2 is 1.92 bits per heavy atom. The number of rotatable bonds is 7. The number of anilines is 2. The summed E-state index contributed by atoms with van der Waals surface area (Å²) in [6.45, 7) is 2.20. The summed E-state index contributed by atoms with van der Waals surface area (Å²) in [7, 11) is 0. The molecule has 0 aliphatic carbocycles. The lowest BCUT2D eigenvalue weighted by molar-refractivity contribution is -0.137. The van der Waals surface area contributed by atoms with Crippen molar-refractivity contribution in [2.45, 2.75) is 51.1 Å². The van der Waals surface area contributed by atoms with Crippen LogP contribution in [0.15, 0.2) is 47.6 Å². The number of carbonyl (C=O) groups is 1. The highest BCUT2D eigenvalue weighted by molar-refractivity contribution is 5.95. The molecule has 2 N–H and O–H groups in total. The first-order valence-corrected chi connectivity index (χ1v) is 11.6. The number of aliphatic carboxylic acids is 1. The number of benzene rings is 2. The van der Waals surface area contributed by atoms with Gasteiger partial charge in [-0.15, -0.1) is 0 Å². The van der Waals surface area contributed by atoms with E-state index in [1.54, 1.807) is 30.3 Å². The van der Waals surface area contributed by atoms with Gasteiger partial charge in [0.2, 0.25) is 0 Å². The van der Waals surface area contributed by atoms with Crippen LogP contribution in [0.4, 0.5) is 28.9 Å². The normalized spacial score (nSPS) is 22.5. The van der Waals surface area contributed by atoms with Crippen LogP contribution < -0.4 is 14.6 Å². The van der Waals surface area contributed by atoms with E-state index in [2.05, 4.69) is 5.10 Å². The molecular weight excluding hydrogens is 482 g/mol. The number of hydrogen-bond donors (Lipinski definition) is 2. The maximum atomic E-state index is 14.4. The number of aliphatic hydroxyl groups is 1. The van der Waals surface area contributed by atoms with Crippen LogP contribution in [0.2, 0.25) is 0 Å². The topological polar surface area (TPSA) is 85.6 Å². The van der Waals surface area contributed by atoms with Crippen molar-refractivity contribution in [2.24, 2.45) is 11.0 Å². The number of alkyl halides is 3. The molecule has 194 valence electrons. The van der Waals surface area contributed by atoms with Gasteiger partial charge in [0.25, 0.3) is 0 Å². The van der Waals surface area contributed by atoms with E-state index in [1.807, 2.05) is 4.90 Å². The second-order valence-electron chi connectivity index (χ2n) is 9.05. The molecule has 2 aliphatic rings. The number of carboxylic acids is 1. The van der Waals surface area contributed by atoms with E-state index in [9.17, 15) is 32.6 Å². The summed E-state index contributed by atoms with van der Waals surface area (Å²) in [6.07, 6.45) is -3.89. The number of piperidine rings is 1. The molecule has 2 aromatic rings. The predicted molar refractivity (Wildman–Crippen MR) is 126 cm³/mol. The lowest BCUT2D eigenvalue weighted by atomic mass is 9.94. The Morgan fingerprint density at radius 1 is 1.19 bits per heavy atom. The van der Waals surface area contributed by atoms with Crippen LogP contribution in [-0.2, 0) is 11.4 Å². The summed E-state index contributed by atoms with van der Waals surface area (Å²) in [6, 6.07) is 9.80. The molecule has 1 saturated heterocycles. The number of aliphatic hydroxyl groups excluding tert-OH is 1. The van der Waals surface area contributed by atoms with Crippen molar-refractivity contribution >= 4 is 23.1 Å². The molecule has 2 heterocycles. The van der Waals surface area contributed by atoms with Gasteiger partial charge in [0.05, 0.1) is 37.0 Å². The quantitative estimate of drug-likeness (QED) is 0.532. The van der Waals surface area contributed by atoms with E-state index in [-0.39, 0.29) is 18.5 Å². The zero-order valence-electron chi connectivity index (χ0n) is 19.6. The molecular formula is C25H27F4N3O4. The first-order chi connectivity index (χ1) is 17.1. The Labute approximate surface area is 205 Å². The fourth-order valence-electron chi connectivity index (χ4n) is 4.70. The third-order valence-corrected chi connectivity index (χ3v) is 6.53. The average molecular weight is 510 g/mol. The third-order valence-electron chi connectivity index (χ3n) is 6.53. The van der Waals surface area contributed by atoms with Crippen LogP contribution in [0.1, 0.15) is 31.7 Å². The molecule has 0 saturated carbocycles. The Balaban J connectivity index is 1.47. The van der Waals surface area contributed by atoms with Gasteiger partial charge in [-0.25, -0.2) is 4.39 Å². The summed E-state index contributed by atoms with van der Waals surface area (Å²) in [5, 5.41) is 23.4. The smallest absolute Gasteiger partial charge is 0.431 e. The van der Waals surface area contributed by atoms with Crippen molar-refractivity contribution < 1.29 is 37.3 Å². The monoisotopic (exact) mass is 509 g/mol. The molecule has 1 fully saturated rings. The molecule has 0 aromatic heterocycles. The minimum Gasteiger partial charge on any atom is -0.489 e. The first-order valence-electron chi connectivity index (χ1n) is 11.6. The molecule has 2 aromatic carbocycles. The molecule has 36 heavy (non-hydrogen) atoms. The van der Waals surface area contributed by atoms with Gasteiger partial charge in [0.15, 0.2) is 0 Å². The lowest BCUT2D eigenvalue weighted by Crippen LogP contribution is -2.41. The van der Waals surface area contributed by atoms with E-state index < -0.39 is 36.2 Å². The van der Waals surface area contributed by atoms with Gasteiger partial charge in [-0.2, -0.15) is 18.3 Å². The molecule has 3 atom stereocenters. The summed E-state index contributed by atoms with van der Waals surface area (Å²) < 4.78 is 60.6. The van der Waals surface area contributed by atoms with Gasteiger partial charge in [0, 0.05) is 12.5 Å². The van der Waals surface area contributed by atoms with E-state index in [1.165, 1.54) is 19.1 Å². The number of nitrogens with zero attached hydrogens (tertiary/aromatic N) is 3. The number of hydrazone groups is 1. The highest BCUT2D eigenvalue weighted by Gasteiger charge is 2.48. The molecule has 11 heteroatoms. The van der Waals surface area contributed by atoms with E-state index in [0.717, 1.165) is 17.9 Å². The van der Waals surface area contributed by atoms with Gasteiger partial charge in [-0.05, 0) is 54.8 Å². The van der Waals surface area contributed by atoms with Crippen molar-refractivity contribution in [3.63, 3.8) is 0 Å². The van der Waals surface area contributed by atoms with Gasteiger partial charge in [0.1, 0.15) is 23.4 Å². The Morgan fingerprint density at radius 3 is 2.56 bits per heavy atom. The molecule has 0 spiro atoms. The van der Waals surface area contributed by atoms with Gasteiger partial charge in [-0.3, -0.25) is 9.80 Å². The van der Waals surface area contributed by atoms with Crippen LogP contribution >= 0.6 is 0 Å².